The number of nitrogens with zero attached hydrogens (tertiary/aromatic N) is 2. The van der Waals surface area contributed by atoms with E-state index in [-0.39, 0.29) is 43.6 Å². The first-order valence-electron chi connectivity index (χ1n) is 15.3. The van der Waals surface area contributed by atoms with Gasteiger partial charge in [-0.15, -0.1) is 0 Å². The molecule has 2 heterocycles. The minimum Gasteiger partial charge on any atom is -0.530 e. The Labute approximate surface area is 271 Å². The molecule has 2 aliphatic heterocycles. The normalized spacial score (nSPS) is 18.1. The van der Waals surface area contributed by atoms with E-state index in [1.165, 1.54) is 22.5 Å². The number of unbranched alkanes of at least 4 members (excludes halogenated alkanes) is 1. The van der Waals surface area contributed by atoms with Gasteiger partial charge in [-0.2, -0.15) is 4.31 Å². The molecule has 4 rings (SSSR count). The minimum absolute atomic E-state index is 0.00371. The van der Waals surface area contributed by atoms with E-state index >= 15 is 0 Å². The van der Waals surface area contributed by atoms with Crippen LogP contribution in [-0.2, 0) is 31.2 Å². The molecule has 0 radical (unpaired) electrons. The summed E-state index contributed by atoms with van der Waals surface area (Å²) in [5.41, 5.74) is 0.168. The lowest BCUT2D eigenvalue weighted by molar-refractivity contribution is -0.272. The van der Waals surface area contributed by atoms with Crippen molar-refractivity contribution in [3.05, 3.63) is 54.1 Å². The standard InChI is InChI=1S/C31H45N3O10S2/c1-31(2,14-7-8-15-32-45(3,38)39)21-33(46(40,41)25-11-12-28-29(18-25)44-22-43-28)19-27(35)26(17-23-9-5-4-6-10-23)34(30(36)37)24-13-16-42-20-24/h4-6,9-12,18,24,26-27,32,35H,7-8,13-17,19-22H2,1-3H3,(H,36,37)/p-1/t24-,26-,27+/m0/s1. The van der Waals surface area contributed by atoms with Crippen LogP contribution in [0.2, 0.25) is 0 Å². The third-order valence-corrected chi connectivity index (χ3v) is 10.8. The van der Waals surface area contributed by atoms with Crippen molar-refractivity contribution in [1.82, 2.24) is 13.9 Å². The molecule has 3 atom stereocenters. The van der Waals surface area contributed by atoms with E-state index in [1.807, 2.05) is 44.2 Å². The Morgan fingerprint density at radius 3 is 2.46 bits per heavy atom. The molecule has 0 saturated carbocycles. The van der Waals surface area contributed by atoms with Gasteiger partial charge in [0.15, 0.2) is 11.5 Å². The number of fused-ring (bicyclic) bond motifs is 1. The van der Waals surface area contributed by atoms with Gasteiger partial charge < -0.3 is 34.1 Å². The Hall–Kier alpha value is -2.95. The second kappa shape index (κ2) is 15.3. The first kappa shape index (κ1) is 35.9. The largest absolute Gasteiger partial charge is 0.530 e. The average Bonchev–Trinajstić information content (AvgIpc) is 3.68. The van der Waals surface area contributed by atoms with Gasteiger partial charge in [-0.25, -0.2) is 21.6 Å². The van der Waals surface area contributed by atoms with Crippen LogP contribution in [0.1, 0.15) is 45.1 Å². The van der Waals surface area contributed by atoms with Crippen molar-refractivity contribution >= 4 is 26.1 Å². The van der Waals surface area contributed by atoms with Crippen molar-refractivity contribution in [2.45, 2.75) is 69.0 Å². The first-order valence-corrected chi connectivity index (χ1v) is 18.6. The van der Waals surface area contributed by atoms with Crippen LogP contribution in [0.5, 0.6) is 11.5 Å². The summed E-state index contributed by atoms with van der Waals surface area (Å²) in [6, 6.07) is 11.8. The smallest absolute Gasteiger partial charge is 0.243 e. The number of sulfonamides is 2. The highest BCUT2D eigenvalue weighted by atomic mass is 32.2. The van der Waals surface area contributed by atoms with Gasteiger partial charge in [-0.1, -0.05) is 50.6 Å². The Morgan fingerprint density at radius 2 is 1.80 bits per heavy atom. The predicted octanol–water partition coefficient (Wildman–Crippen LogP) is 1.56. The van der Waals surface area contributed by atoms with Crippen LogP contribution in [0.4, 0.5) is 4.79 Å². The molecule has 0 spiro atoms. The number of aliphatic hydroxyl groups excluding tert-OH is 1. The molecular weight excluding hydrogens is 638 g/mol. The predicted molar refractivity (Wildman–Crippen MR) is 168 cm³/mol. The lowest BCUT2D eigenvalue weighted by Gasteiger charge is -2.42. The van der Waals surface area contributed by atoms with Crippen LogP contribution in [0.15, 0.2) is 53.4 Å². The van der Waals surface area contributed by atoms with Crippen LogP contribution in [0.3, 0.4) is 0 Å². The fraction of sp³-hybridized carbons (Fsp3) is 0.581. The zero-order valence-electron chi connectivity index (χ0n) is 26.5. The Morgan fingerprint density at radius 1 is 1.09 bits per heavy atom. The highest BCUT2D eigenvalue weighted by Gasteiger charge is 2.39. The average molecular weight is 683 g/mol. The van der Waals surface area contributed by atoms with E-state index in [9.17, 15) is 31.8 Å². The molecule has 2 aromatic carbocycles. The number of aliphatic hydroxyl groups is 1. The number of benzene rings is 2. The lowest BCUT2D eigenvalue weighted by atomic mass is 9.87. The summed E-state index contributed by atoms with van der Waals surface area (Å²) in [6.45, 7) is 4.13. The maximum atomic E-state index is 14.3. The summed E-state index contributed by atoms with van der Waals surface area (Å²) in [5, 5.41) is 24.4. The van der Waals surface area contributed by atoms with Crippen molar-refractivity contribution in [3.8, 4) is 11.5 Å². The summed E-state index contributed by atoms with van der Waals surface area (Å²) in [4.78, 5) is 13.6. The van der Waals surface area contributed by atoms with E-state index in [2.05, 4.69) is 4.72 Å². The van der Waals surface area contributed by atoms with E-state index < -0.39 is 56.3 Å². The van der Waals surface area contributed by atoms with Crippen molar-refractivity contribution in [3.63, 3.8) is 0 Å². The lowest BCUT2D eigenvalue weighted by Crippen LogP contribution is -2.59. The third kappa shape index (κ3) is 9.78. The van der Waals surface area contributed by atoms with Gasteiger partial charge in [-0.3, -0.25) is 0 Å². The summed E-state index contributed by atoms with van der Waals surface area (Å²) >= 11 is 0. The number of ether oxygens (including phenoxy) is 3. The molecule has 1 fully saturated rings. The second-order valence-electron chi connectivity index (χ2n) is 12.6. The number of carbonyl (C=O) groups is 1. The van der Waals surface area contributed by atoms with Crippen molar-refractivity contribution in [2.75, 3.05) is 45.9 Å². The third-order valence-electron chi connectivity index (χ3n) is 8.22. The highest BCUT2D eigenvalue weighted by molar-refractivity contribution is 7.89. The number of hydrogen-bond acceptors (Lipinski definition) is 10. The molecule has 0 unspecified atom stereocenters. The van der Waals surface area contributed by atoms with Gasteiger partial charge in [0.05, 0.1) is 35.9 Å². The van der Waals surface area contributed by atoms with Gasteiger partial charge in [0.2, 0.25) is 26.8 Å². The van der Waals surface area contributed by atoms with Crippen LogP contribution >= 0.6 is 0 Å². The summed E-state index contributed by atoms with van der Waals surface area (Å²) in [5.74, 6) is 0.699. The monoisotopic (exact) mass is 682 g/mol. The Bertz CT molecular complexity index is 1530. The maximum absolute atomic E-state index is 14.3. The highest BCUT2D eigenvalue weighted by Crippen LogP contribution is 2.36. The zero-order chi connectivity index (χ0) is 33.5. The van der Waals surface area contributed by atoms with Gasteiger partial charge in [0.1, 0.15) is 6.09 Å². The van der Waals surface area contributed by atoms with Crippen LogP contribution in [0, 0.1) is 5.41 Å². The zero-order valence-corrected chi connectivity index (χ0v) is 28.1. The van der Waals surface area contributed by atoms with Crippen LogP contribution < -0.4 is 19.3 Å². The maximum Gasteiger partial charge on any atom is 0.243 e. The molecule has 256 valence electrons. The van der Waals surface area contributed by atoms with Crippen molar-refractivity contribution < 1.29 is 46.1 Å². The number of rotatable bonds is 17. The first-order chi connectivity index (χ1) is 21.7. The number of carbonyl (C=O) groups excluding carboxylic acids is 1. The molecule has 0 aromatic heterocycles. The van der Waals surface area contributed by atoms with Crippen molar-refractivity contribution in [1.29, 1.82) is 0 Å². The SMILES string of the molecule is CC(C)(CCCCNS(C)(=O)=O)CN(C[C@@H](O)[C@H](Cc1ccccc1)N(C(=O)[O-])[C@H]1CCOC1)S(=O)(=O)c1ccc2c(c1)OCO2. The molecule has 0 bridgehead atoms. The van der Waals surface area contributed by atoms with E-state index in [0.29, 0.717) is 38.0 Å². The van der Waals surface area contributed by atoms with Crippen LogP contribution in [0.25, 0.3) is 0 Å². The molecule has 2 N–H and O–H groups in total. The minimum atomic E-state index is -4.24. The number of amides is 1. The fourth-order valence-electron chi connectivity index (χ4n) is 5.88. The van der Waals surface area contributed by atoms with Gasteiger partial charge in [0, 0.05) is 32.3 Å². The molecule has 2 aromatic rings. The van der Waals surface area contributed by atoms with Crippen molar-refractivity contribution in [2.24, 2.45) is 5.41 Å². The molecule has 13 nitrogen and oxygen atoms in total. The molecule has 1 amide bonds. The Balaban J connectivity index is 1.63. The molecule has 46 heavy (non-hydrogen) atoms. The Kier molecular flexibility index (Phi) is 11.9. The molecule has 15 heteroatoms. The van der Waals surface area contributed by atoms with E-state index in [1.54, 1.807) is 0 Å². The molecular formula is C31H44N3O10S2-. The molecule has 1 saturated heterocycles. The van der Waals surface area contributed by atoms with E-state index in [4.69, 9.17) is 14.2 Å². The molecule has 0 aliphatic carbocycles. The number of nitrogens with one attached hydrogen (secondary N) is 1. The quantitative estimate of drug-likeness (QED) is 0.233. The topological polar surface area (TPSA) is 175 Å². The summed E-state index contributed by atoms with van der Waals surface area (Å²) in [7, 11) is -7.56. The van der Waals surface area contributed by atoms with Gasteiger partial charge in [-0.05, 0) is 48.8 Å². The number of hydrogen-bond donors (Lipinski definition) is 2. The fourth-order valence-corrected chi connectivity index (χ4v) is 8.06. The van der Waals surface area contributed by atoms with Gasteiger partial charge >= 0.3 is 0 Å². The number of carboxylic acid groups (broad SMARTS) is 1. The van der Waals surface area contributed by atoms with Crippen LogP contribution in [-0.4, -0.2) is 101 Å². The summed E-state index contributed by atoms with van der Waals surface area (Å²) in [6.07, 6.45) is 0.464. The van der Waals surface area contributed by atoms with Gasteiger partial charge in [0.25, 0.3) is 0 Å². The second-order valence-corrected chi connectivity index (χ2v) is 16.4. The molecule has 2 aliphatic rings. The summed E-state index contributed by atoms with van der Waals surface area (Å²) < 4.78 is 71.2. The van der Waals surface area contributed by atoms with E-state index in [0.717, 1.165) is 16.7 Å².